The van der Waals surface area contributed by atoms with Crippen LogP contribution in [0, 0.1) is 32.1 Å². The number of carbonyl (C=O) groups excluding carboxylic acids is 1. The molecule has 2 aliphatic heterocycles. The van der Waals surface area contributed by atoms with E-state index in [2.05, 4.69) is 44.0 Å². The first kappa shape index (κ1) is 36.5. The summed E-state index contributed by atoms with van der Waals surface area (Å²) >= 11 is 0. The number of benzene rings is 2. The number of pyridine rings is 1. The number of fused-ring (bicyclic) bond motifs is 1. The van der Waals surface area contributed by atoms with Crippen LogP contribution in [-0.4, -0.2) is 82.1 Å². The number of amides is 1. The highest BCUT2D eigenvalue weighted by molar-refractivity contribution is 6.01. The molecule has 270 valence electrons. The van der Waals surface area contributed by atoms with Gasteiger partial charge in [0.1, 0.15) is 29.0 Å². The fourth-order valence-corrected chi connectivity index (χ4v) is 7.50. The Morgan fingerprint density at radius 1 is 0.981 bits per heavy atom. The highest BCUT2D eigenvalue weighted by Gasteiger charge is 2.31. The molecule has 11 nitrogen and oxygen atoms in total. The number of aryl methyl sites for hydroxylation is 2. The van der Waals surface area contributed by atoms with Crippen molar-refractivity contribution < 1.29 is 14.3 Å². The minimum atomic E-state index is -0.279. The lowest BCUT2D eigenvalue weighted by molar-refractivity contribution is -0.129. The van der Waals surface area contributed by atoms with Crippen LogP contribution in [0.4, 0.5) is 0 Å². The molecule has 0 bridgehead atoms. The summed E-state index contributed by atoms with van der Waals surface area (Å²) in [5.41, 5.74) is 8.97. The van der Waals surface area contributed by atoms with Crippen molar-refractivity contribution in [1.29, 1.82) is 5.26 Å². The standard InChI is InChI=1S/C41H47N7O4/c1-26-27(2)40(49)45(5)24-36(26)31-20-38(51-6)37(39(21-31)52-7)25-47-17-15-46(16-18-47)23-30-9-8-10-34-28(3)48(14-12-35(30)34)41(50)32(22-42)19-33-11-13-43-29(4)44-33/h8-11,13,19-21,24,28H,12,14-18,23,25H2,1-7H3/b32-19+. The third-order valence-electron chi connectivity index (χ3n) is 10.6. The molecule has 11 heteroatoms. The maximum Gasteiger partial charge on any atom is 0.265 e. The Labute approximate surface area is 305 Å². The van der Waals surface area contributed by atoms with E-state index in [0.717, 1.165) is 84.0 Å². The van der Waals surface area contributed by atoms with Gasteiger partial charge in [-0.1, -0.05) is 18.2 Å². The predicted molar refractivity (Wildman–Crippen MR) is 201 cm³/mol. The molecule has 6 rings (SSSR count). The van der Waals surface area contributed by atoms with E-state index < -0.39 is 0 Å². The van der Waals surface area contributed by atoms with E-state index in [1.54, 1.807) is 56.0 Å². The number of methoxy groups -OCH3 is 2. The molecular formula is C41H47N7O4. The summed E-state index contributed by atoms with van der Waals surface area (Å²) in [7, 11) is 5.16. The van der Waals surface area contributed by atoms with Crippen molar-refractivity contribution in [2.24, 2.45) is 7.05 Å². The van der Waals surface area contributed by atoms with E-state index in [1.807, 2.05) is 39.1 Å². The molecule has 0 radical (unpaired) electrons. The summed E-state index contributed by atoms with van der Waals surface area (Å²) in [6, 6.07) is 14.1. The van der Waals surface area contributed by atoms with Crippen LogP contribution >= 0.6 is 0 Å². The molecule has 2 aromatic carbocycles. The molecule has 1 amide bonds. The normalized spacial score (nSPS) is 16.7. The third kappa shape index (κ3) is 7.36. The van der Waals surface area contributed by atoms with Crippen molar-refractivity contribution in [3.8, 4) is 28.7 Å². The van der Waals surface area contributed by atoms with Gasteiger partial charge < -0.3 is 18.9 Å². The van der Waals surface area contributed by atoms with Crippen LogP contribution in [-0.2, 0) is 31.4 Å². The topological polar surface area (TPSA) is 117 Å². The highest BCUT2D eigenvalue weighted by atomic mass is 16.5. The van der Waals surface area contributed by atoms with Crippen LogP contribution < -0.4 is 15.0 Å². The lowest BCUT2D eigenvalue weighted by atomic mass is 9.89. The van der Waals surface area contributed by atoms with Crippen molar-refractivity contribution in [2.45, 2.75) is 53.2 Å². The van der Waals surface area contributed by atoms with E-state index in [1.165, 1.54) is 11.1 Å². The largest absolute Gasteiger partial charge is 0.496 e. The SMILES string of the molecule is COc1cc(-c2cn(C)c(=O)c(C)c2C)cc(OC)c1CN1CCN(Cc2cccc3c2CCN(C(=O)/C(C#N)=C/c2ccnc(C)n2)C3C)CC1. The lowest BCUT2D eigenvalue weighted by Gasteiger charge is -2.38. The van der Waals surface area contributed by atoms with Crippen molar-refractivity contribution in [3.63, 3.8) is 0 Å². The summed E-state index contributed by atoms with van der Waals surface area (Å²) in [5, 5.41) is 9.87. The second-order valence-electron chi connectivity index (χ2n) is 13.7. The van der Waals surface area contributed by atoms with Crippen LogP contribution in [0.15, 0.2) is 59.2 Å². The second-order valence-corrected chi connectivity index (χ2v) is 13.7. The molecule has 2 aromatic heterocycles. The molecule has 1 unspecified atom stereocenters. The molecule has 2 aliphatic rings. The minimum Gasteiger partial charge on any atom is -0.496 e. The Kier molecular flexibility index (Phi) is 10.9. The number of rotatable bonds is 9. The van der Waals surface area contributed by atoms with Gasteiger partial charge in [-0.2, -0.15) is 5.26 Å². The zero-order valence-electron chi connectivity index (χ0n) is 31.2. The van der Waals surface area contributed by atoms with Crippen molar-refractivity contribution in [1.82, 2.24) is 29.2 Å². The second kappa shape index (κ2) is 15.5. The van der Waals surface area contributed by atoms with E-state index in [-0.39, 0.29) is 23.1 Å². The van der Waals surface area contributed by atoms with Gasteiger partial charge in [0.05, 0.1) is 31.5 Å². The first-order chi connectivity index (χ1) is 25.0. The molecule has 0 N–H and O–H groups in total. The number of aromatic nitrogens is 3. The van der Waals surface area contributed by atoms with Crippen LogP contribution in [0.3, 0.4) is 0 Å². The molecular weight excluding hydrogens is 654 g/mol. The van der Waals surface area contributed by atoms with E-state index in [4.69, 9.17) is 9.47 Å². The molecule has 1 saturated heterocycles. The van der Waals surface area contributed by atoms with Gasteiger partial charge in [0.25, 0.3) is 11.5 Å². The molecule has 4 heterocycles. The number of nitrogens with zero attached hydrogens (tertiary/aromatic N) is 7. The molecule has 1 atom stereocenters. The summed E-state index contributed by atoms with van der Waals surface area (Å²) in [6.07, 6.45) is 5.79. The molecule has 0 aliphatic carbocycles. The Balaban J connectivity index is 1.12. The van der Waals surface area contributed by atoms with Gasteiger partial charge in [-0.05, 0) is 86.2 Å². The average molecular weight is 702 g/mol. The highest BCUT2D eigenvalue weighted by Crippen LogP contribution is 2.38. The van der Waals surface area contributed by atoms with Crippen LogP contribution in [0.1, 0.15) is 57.9 Å². The smallest absolute Gasteiger partial charge is 0.265 e. The summed E-state index contributed by atoms with van der Waals surface area (Å²) in [6.45, 7) is 13.4. The number of ether oxygens (including phenoxy) is 2. The molecule has 0 spiro atoms. The number of hydrogen-bond donors (Lipinski definition) is 0. The average Bonchev–Trinajstić information content (AvgIpc) is 3.15. The first-order valence-corrected chi connectivity index (χ1v) is 17.7. The lowest BCUT2D eigenvalue weighted by Crippen LogP contribution is -2.45. The fraction of sp³-hybridized carbons (Fsp3) is 0.390. The van der Waals surface area contributed by atoms with Crippen molar-refractivity contribution in [2.75, 3.05) is 46.9 Å². The van der Waals surface area contributed by atoms with Gasteiger partial charge in [0.15, 0.2) is 0 Å². The number of piperazine rings is 1. The monoisotopic (exact) mass is 701 g/mol. The van der Waals surface area contributed by atoms with Gasteiger partial charge in [0, 0.05) is 76.4 Å². The zero-order chi connectivity index (χ0) is 37.1. The van der Waals surface area contributed by atoms with E-state index >= 15 is 0 Å². The quantitative estimate of drug-likeness (QED) is 0.173. The van der Waals surface area contributed by atoms with Gasteiger partial charge >= 0.3 is 0 Å². The van der Waals surface area contributed by atoms with Gasteiger partial charge in [-0.25, -0.2) is 9.97 Å². The predicted octanol–water partition coefficient (Wildman–Crippen LogP) is 5.16. The first-order valence-electron chi connectivity index (χ1n) is 17.7. The summed E-state index contributed by atoms with van der Waals surface area (Å²) < 4.78 is 13.5. The number of hydrogen-bond acceptors (Lipinski definition) is 9. The van der Waals surface area contributed by atoms with E-state index in [9.17, 15) is 14.9 Å². The Hall–Kier alpha value is -5.31. The van der Waals surface area contributed by atoms with Gasteiger partial charge in [-0.3, -0.25) is 19.4 Å². The van der Waals surface area contributed by atoms with Crippen molar-refractivity contribution in [3.05, 3.63) is 110 Å². The number of carbonyl (C=O) groups is 1. The Bertz CT molecular complexity index is 2100. The summed E-state index contributed by atoms with van der Waals surface area (Å²) in [5.74, 6) is 1.84. The fourth-order valence-electron chi connectivity index (χ4n) is 7.50. The van der Waals surface area contributed by atoms with Gasteiger partial charge in [-0.15, -0.1) is 0 Å². The van der Waals surface area contributed by atoms with Crippen molar-refractivity contribution >= 4 is 12.0 Å². The van der Waals surface area contributed by atoms with Gasteiger partial charge in [0.2, 0.25) is 0 Å². The maximum atomic E-state index is 13.6. The summed E-state index contributed by atoms with van der Waals surface area (Å²) in [4.78, 5) is 41.2. The van der Waals surface area contributed by atoms with Crippen LogP contribution in [0.25, 0.3) is 17.2 Å². The molecule has 0 saturated carbocycles. The molecule has 4 aromatic rings. The zero-order valence-corrected chi connectivity index (χ0v) is 31.2. The Morgan fingerprint density at radius 3 is 2.29 bits per heavy atom. The van der Waals surface area contributed by atoms with E-state index in [0.29, 0.717) is 24.6 Å². The molecule has 1 fully saturated rings. The Morgan fingerprint density at radius 2 is 1.65 bits per heavy atom. The number of nitriles is 1. The third-order valence-corrected chi connectivity index (χ3v) is 10.6. The van der Waals surface area contributed by atoms with Crippen LogP contribution in [0.2, 0.25) is 0 Å². The molecule has 52 heavy (non-hydrogen) atoms. The minimum absolute atomic E-state index is 0.00489. The maximum absolute atomic E-state index is 13.6. The van der Waals surface area contributed by atoms with Crippen LogP contribution in [0.5, 0.6) is 11.5 Å².